The van der Waals surface area contributed by atoms with E-state index in [0.717, 1.165) is 36.0 Å². The van der Waals surface area contributed by atoms with E-state index < -0.39 is 11.2 Å². The number of aryl methyl sites for hydroxylation is 1. The monoisotopic (exact) mass is 631 g/mol. The highest BCUT2D eigenvalue weighted by molar-refractivity contribution is 6.13. The molecule has 0 saturated carbocycles. The van der Waals surface area contributed by atoms with E-state index in [2.05, 4.69) is 43.2 Å². The third-order valence-electron chi connectivity index (χ3n) is 9.82. The molecule has 8 rings (SSSR count). The molecule has 0 unspecified atom stereocenters. The van der Waals surface area contributed by atoms with Crippen LogP contribution in [0.15, 0.2) is 72.1 Å². The van der Waals surface area contributed by atoms with Gasteiger partial charge in [0.2, 0.25) is 11.8 Å². The SMILES string of the molecule is Cn1cnc(-c2ccc(C3=CCN(C(=O)CN4CC[C@]5(CCN(c6ccc7c(n6)C(c6ccc(F)cn6)=NC7)C5=O)C4)CC3)cc2)n1. The summed E-state index contributed by atoms with van der Waals surface area (Å²) >= 11 is 0. The van der Waals surface area contributed by atoms with Gasteiger partial charge < -0.3 is 4.90 Å². The fraction of sp³-hybridized carbons (Fsp3) is 0.343. The standard InChI is InChI=1S/C35H34FN9O2/c1-42-22-39-33(41-42)25-4-2-23(3-5-25)24-10-14-44(15-11-24)30(46)20-43-16-12-35(21-43)13-17-45(34(35)47)29-9-6-26-18-38-32(31(26)40-29)28-8-7-27(36)19-37-28/h2-10,19,22H,11-18,20-21H2,1H3/t35-/m0/s1. The highest BCUT2D eigenvalue weighted by Gasteiger charge is 2.51. The predicted octanol–water partition coefficient (Wildman–Crippen LogP) is 3.51. The van der Waals surface area contributed by atoms with Crippen LogP contribution in [0.25, 0.3) is 17.0 Å². The molecule has 3 aromatic heterocycles. The van der Waals surface area contributed by atoms with E-state index in [-0.39, 0.29) is 11.8 Å². The van der Waals surface area contributed by atoms with Gasteiger partial charge in [0.15, 0.2) is 5.82 Å². The second kappa shape index (κ2) is 11.6. The number of carbonyl (C=O) groups is 2. The van der Waals surface area contributed by atoms with Gasteiger partial charge in [0.1, 0.15) is 23.7 Å². The van der Waals surface area contributed by atoms with Crippen LogP contribution in [0, 0.1) is 11.2 Å². The lowest BCUT2D eigenvalue weighted by atomic mass is 9.85. The normalized spacial score (nSPS) is 21.0. The van der Waals surface area contributed by atoms with E-state index in [1.54, 1.807) is 22.0 Å². The minimum Gasteiger partial charge on any atom is -0.338 e. The average Bonchev–Trinajstić information content (AvgIpc) is 3.89. The number of aromatic nitrogens is 5. The zero-order valence-electron chi connectivity index (χ0n) is 26.1. The number of likely N-dealkylation sites (tertiary alicyclic amines) is 1. The first-order valence-corrected chi connectivity index (χ1v) is 16.0. The number of carbonyl (C=O) groups excluding carboxylic acids is 2. The number of aliphatic imine (C=N–C) groups is 1. The molecule has 238 valence electrons. The van der Waals surface area contributed by atoms with Crippen molar-refractivity contribution in [2.45, 2.75) is 25.8 Å². The smallest absolute Gasteiger partial charge is 0.237 e. The van der Waals surface area contributed by atoms with Crippen molar-refractivity contribution in [3.8, 4) is 11.4 Å². The topological polar surface area (TPSA) is 113 Å². The number of halogens is 1. The molecule has 1 atom stereocenters. The largest absolute Gasteiger partial charge is 0.338 e. The van der Waals surface area contributed by atoms with Crippen LogP contribution in [0.2, 0.25) is 0 Å². The highest BCUT2D eigenvalue weighted by atomic mass is 19.1. The van der Waals surface area contributed by atoms with E-state index in [1.807, 2.05) is 36.2 Å². The lowest BCUT2D eigenvalue weighted by molar-refractivity contribution is -0.132. The van der Waals surface area contributed by atoms with Gasteiger partial charge in [-0.1, -0.05) is 36.4 Å². The molecule has 47 heavy (non-hydrogen) atoms. The maximum Gasteiger partial charge on any atom is 0.237 e. The molecular weight excluding hydrogens is 597 g/mol. The summed E-state index contributed by atoms with van der Waals surface area (Å²) in [7, 11) is 1.85. The van der Waals surface area contributed by atoms with Crippen molar-refractivity contribution in [1.82, 2.24) is 34.5 Å². The number of hydrogen-bond acceptors (Lipinski definition) is 8. The van der Waals surface area contributed by atoms with Gasteiger partial charge in [0.25, 0.3) is 0 Å². The zero-order chi connectivity index (χ0) is 32.1. The van der Waals surface area contributed by atoms with Crippen molar-refractivity contribution in [2.24, 2.45) is 17.5 Å². The summed E-state index contributed by atoms with van der Waals surface area (Å²) < 4.78 is 15.1. The van der Waals surface area contributed by atoms with Crippen molar-refractivity contribution in [3.05, 3.63) is 95.5 Å². The molecule has 7 heterocycles. The molecule has 4 aliphatic heterocycles. The predicted molar refractivity (Wildman–Crippen MR) is 174 cm³/mol. The molecule has 2 saturated heterocycles. The lowest BCUT2D eigenvalue weighted by Gasteiger charge is -2.29. The van der Waals surface area contributed by atoms with E-state index in [1.165, 1.54) is 17.8 Å². The van der Waals surface area contributed by atoms with Gasteiger partial charge in [-0.15, -0.1) is 0 Å². The number of fused-ring (bicyclic) bond motifs is 1. The molecule has 11 nitrogen and oxygen atoms in total. The third-order valence-corrected chi connectivity index (χ3v) is 9.82. The average molecular weight is 632 g/mol. The molecule has 1 spiro atoms. The number of amides is 2. The quantitative estimate of drug-likeness (QED) is 0.320. The van der Waals surface area contributed by atoms with Crippen LogP contribution >= 0.6 is 0 Å². The molecule has 0 aliphatic carbocycles. The second-order valence-corrected chi connectivity index (χ2v) is 12.8. The number of anilines is 1. The van der Waals surface area contributed by atoms with Crippen molar-refractivity contribution >= 4 is 28.9 Å². The third kappa shape index (κ3) is 5.42. The number of nitrogens with zero attached hydrogens (tertiary/aromatic N) is 9. The van der Waals surface area contributed by atoms with Crippen LogP contribution in [0.5, 0.6) is 0 Å². The Bertz CT molecular complexity index is 1940. The summed E-state index contributed by atoms with van der Waals surface area (Å²) in [5.74, 6) is 1.04. The van der Waals surface area contributed by atoms with E-state index in [4.69, 9.17) is 4.98 Å². The molecular formula is C35H34FN9O2. The Morgan fingerprint density at radius 2 is 1.81 bits per heavy atom. The van der Waals surface area contributed by atoms with Crippen molar-refractivity contribution in [3.63, 3.8) is 0 Å². The van der Waals surface area contributed by atoms with Crippen LogP contribution in [-0.4, -0.2) is 91.3 Å². The van der Waals surface area contributed by atoms with Crippen LogP contribution in [0.1, 0.15) is 41.8 Å². The molecule has 1 aromatic carbocycles. The van der Waals surface area contributed by atoms with Crippen LogP contribution in [-0.2, 0) is 23.2 Å². The summed E-state index contributed by atoms with van der Waals surface area (Å²) in [5, 5.41) is 4.37. The Morgan fingerprint density at radius 1 is 0.979 bits per heavy atom. The van der Waals surface area contributed by atoms with Gasteiger partial charge in [-0.05, 0) is 55.1 Å². The molecule has 12 heteroatoms. The number of hydrogen-bond donors (Lipinski definition) is 0. The van der Waals surface area contributed by atoms with Gasteiger partial charge in [-0.3, -0.25) is 34.0 Å². The van der Waals surface area contributed by atoms with Gasteiger partial charge in [0, 0.05) is 44.4 Å². The summed E-state index contributed by atoms with van der Waals surface area (Å²) in [6, 6.07) is 15.1. The lowest BCUT2D eigenvalue weighted by Crippen LogP contribution is -2.43. The van der Waals surface area contributed by atoms with E-state index in [0.29, 0.717) is 74.6 Å². The fourth-order valence-corrected chi connectivity index (χ4v) is 7.18. The Hall–Kier alpha value is -5.10. The van der Waals surface area contributed by atoms with E-state index >= 15 is 0 Å². The molecule has 0 radical (unpaired) electrons. The first kappa shape index (κ1) is 29.3. The number of benzene rings is 1. The molecule has 0 N–H and O–H groups in total. The molecule has 4 aliphatic rings. The maximum absolute atomic E-state index is 13.9. The molecule has 2 amide bonds. The Kier molecular flexibility index (Phi) is 7.24. The van der Waals surface area contributed by atoms with Gasteiger partial charge in [0.05, 0.1) is 36.1 Å². The van der Waals surface area contributed by atoms with Crippen LogP contribution < -0.4 is 4.90 Å². The fourth-order valence-electron chi connectivity index (χ4n) is 7.18. The van der Waals surface area contributed by atoms with Crippen molar-refractivity contribution < 1.29 is 14.0 Å². The Morgan fingerprint density at radius 3 is 2.55 bits per heavy atom. The number of rotatable bonds is 6. The number of pyridine rings is 2. The van der Waals surface area contributed by atoms with Crippen LogP contribution in [0.4, 0.5) is 10.2 Å². The van der Waals surface area contributed by atoms with Crippen molar-refractivity contribution in [2.75, 3.05) is 44.2 Å². The van der Waals surface area contributed by atoms with E-state index in [9.17, 15) is 14.0 Å². The maximum atomic E-state index is 13.9. The highest BCUT2D eigenvalue weighted by Crippen LogP contribution is 2.42. The van der Waals surface area contributed by atoms with Gasteiger partial charge >= 0.3 is 0 Å². The minimum absolute atomic E-state index is 0.0617. The Balaban J connectivity index is 0.883. The minimum atomic E-state index is -0.512. The first-order chi connectivity index (χ1) is 22.8. The zero-order valence-corrected chi connectivity index (χ0v) is 26.1. The molecule has 0 bridgehead atoms. The summed E-state index contributed by atoms with van der Waals surface area (Å²) in [5.41, 5.74) is 5.66. The van der Waals surface area contributed by atoms with Crippen LogP contribution in [0.3, 0.4) is 0 Å². The molecule has 2 fully saturated rings. The molecule has 4 aromatic rings. The first-order valence-electron chi connectivity index (χ1n) is 16.0. The Labute approximate surface area is 271 Å². The van der Waals surface area contributed by atoms with Gasteiger partial charge in [-0.2, -0.15) is 5.10 Å². The van der Waals surface area contributed by atoms with Crippen molar-refractivity contribution in [1.29, 1.82) is 0 Å². The summed E-state index contributed by atoms with van der Waals surface area (Å²) in [6.07, 6.45) is 7.25. The second-order valence-electron chi connectivity index (χ2n) is 12.8. The summed E-state index contributed by atoms with van der Waals surface area (Å²) in [6.45, 7) is 3.89. The summed E-state index contributed by atoms with van der Waals surface area (Å²) in [4.78, 5) is 51.0. The van der Waals surface area contributed by atoms with Gasteiger partial charge in [-0.25, -0.2) is 14.4 Å².